The summed E-state index contributed by atoms with van der Waals surface area (Å²) in [7, 11) is 3.28. The number of carbonyl (C=O) groups is 4. The van der Waals surface area contributed by atoms with Crippen molar-refractivity contribution < 1.29 is 63.1 Å². The lowest BCUT2D eigenvalue weighted by molar-refractivity contribution is -0.384. The van der Waals surface area contributed by atoms with Crippen molar-refractivity contribution in [1.82, 2.24) is 39.3 Å². The number of cyclic esters (lactones) is 1. The molecule has 0 bridgehead atoms. The third kappa shape index (κ3) is 13.1. The molecule has 0 spiro atoms. The van der Waals surface area contributed by atoms with Crippen molar-refractivity contribution in [2.75, 3.05) is 33.9 Å². The van der Waals surface area contributed by atoms with Crippen LogP contribution in [0.5, 0.6) is 0 Å². The van der Waals surface area contributed by atoms with Gasteiger partial charge in [-0.05, 0) is 113 Å². The average Bonchev–Trinajstić information content (AvgIpc) is 4.17. The molecule has 420 valence electrons. The van der Waals surface area contributed by atoms with Gasteiger partial charge >= 0.3 is 12.1 Å². The van der Waals surface area contributed by atoms with Gasteiger partial charge in [-0.25, -0.2) is 14.5 Å². The number of fused-ring (bicyclic) bond motifs is 1. The number of unbranched alkanes of at least 4 members (excludes halogenated alkanes) is 1. The van der Waals surface area contributed by atoms with Crippen LogP contribution in [0.2, 0.25) is 0 Å². The van der Waals surface area contributed by atoms with Crippen molar-refractivity contribution in [1.29, 1.82) is 0 Å². The maximum atomic E-state index is 14.9. The molecule has 4 aromatic rings. The molecular formula is C53H72IN9O14. The summed E-state index contributed by atoms with van der Waals surface area (Å²) in [6, 6.07) is 6.80. The molecule has 6 heterocycles. The van der Waals surface area contributed by atoms with E-state index in [-0.39, 0.29) is 24.4 Å². The highest BCUT2D eigenvalue weighted by Gasteiger charge is 2.60. The summed E-state index contributed by atoms with van der Waals surface area (Å²) in [4.78, 5) is 80.2. The average molecular weight is 1190 g/mol. The number of nitrogens with zero attached hydrogens (tertiary/aromatic N) is 9. The molecule has 1 aromatic carbocycles. The number of likely N-dealkylation sites (N-methyl/N-ethyl adjacent to an activating group) is 1. The zero-order valence-electron chi connectivity index (χ0n) is 45.0. The largest absolute Gasteiger partial charge is 0.447 e. The first-order valence-corrected chi connectivity index (χ1v) is 27.3. The Morgan fingerprint density at radius 1 is 1.01 bits per heavy atom. The predicted octanol–water partition coefficient (Wildman–Crippen LogP) is 5.29. The third-order valence-electron chi connectivity index (χ3n) is 15.7. The number of halogens is 1. The molecular weight excluding hydrogens is 1110 g/mol. The molecule has 3 aliphatic heterocycles. The molecule has 3 aliphatic rings. The van der Waals surface area contributed by atoms with Gasteiger partial charge in [-0.15, -0.1) is 5.10 Å². The van der Waals surface area contributed by atoms with E-state index in [1.165, 1.54) is 43.0 Å². The molecule has 1 amide bonds. The number of amides is 1. The minimum Gasteiger partial charge on any atom is -0.447 e. The number of Topliss-reactive ketones (excluding diaryl/α,β-unsaturated/α-hetero) is 2. The highest BCUT2D eigenvalue weighted by Crippen LogP contribution is 2.44. The monoisotopic (exact) mass is 1190 g/mol. The highest BCUT2D eigenvalue weighted by atomic mass is 127. The van der Waals surface area contributed by atoms with E-state index in [0.29, 0.717) is 50.0 Å². The number of aryl methyl sites for hydroxylation is 1. The van der Waals surface area contributed by atoms with Gasteiger partial charge in [0, 0.05) is 99.4 Å². The quantitative estimate of drug-likeness (QED) is 0.0217. The van der Waals surface area contributed by atoms with E-state index in [0.717, 1.165) is 11.3 Å². The summed E-state index contributed by atoms with van der Waals surface area (Å²) in [5, 5.41) is 53.0. The SMILES string of the molecule is CO[C@]1(C)C[C@@H](C)C(=O)[C@H](C)[C@H]2N(CCCCn3cnc(-c4cccnc4)c3)C(=O)O[C@]2(C)[C@@H](I)OC(=O)[C@H](C)C(=O)[C@H](C)[C@H]1O[C@@H]1O[C@H](C)C[C@H](N(C)CCc2cn([C@H](CO)[C@H](O)c3ccc([N+](=O)[O-])cc3)nn2)[C@H]1O. The number of esters is 1. The molecule has 3 aromatic heterocycles. The van der Waals surface area contributed by atoms with Gasteiger partial charge in [-0.1, -0.05) is 26.0 Å². The number of nitro groups is 1. The number of pyridine rings is 1. The van der Waals surface area contributed by atoms with Crippen LogP contribution in [0.3, 0.4) is 0 Å². The molecule has 77 heavy (non-hydrogen) atoms. The Morgan fingerprint density at radius 2 is 1.73 bits per heavy atom. The zero-order valence-corrected chi connectivity index (χ0v) is 47.1. The van der Waals surface area contributed by atoms with Gasteiger partial charge in [0.15, 0.2) is 21.8 Å². The maximum absolute atomic E-state index is 14.9. The van der Waals surface area contributed by atoms with Crippen LogP contribution in [0.4, 0.5) is 10.5 Å². The van der Waals surface area contributed by atoms with Crippen LogP contribution in [0.25, 0.3) is 11.3 Å². The van der Waals surface area contributed by atoms with Crippen LogP contribution in [0, 0.1) is 33.8 Å². The van der Waals surface area contributed by atoms with E-state index in [1.807, 2.05) is 64.4 Å². The lowest BCUT2D eigenvalue weighted by Crippen LogP contribution is -2.60. The lowest BCUT2D eigenvalue weighted by Gasteiger charge is -2.47. The van der Waals surface area contributed by atoms with Gasteiger partial charge < -0.3 is 53.4 Å². The number of ether oxygens (including phenoxy) is 5. The molecule has 0 saturated carbocycles. The van der Waals surface area contributed by atoms with Crippen molar-refractivity contribution in [3.63, 3.8) is 0 Å². The molecule has 15 atom stereocenters. The van der Waals surface area contributed by atoms with Crippen molar-refractivity contribution in [2.45, 2.75) is 151 Å². The Morgan fingerprint density at radius 3 is 2.39 bits per heavy atom. The first kappa shape index (κ1) is 59.3. The Balaban J connectivity index is 1.06. The van der Waals surface area contributed by atoms with E-state index < -0.39 is 117 Å². The van der Waals surface area contributed by atoms with Crippen LogP contribution in [-0.2, 0) is 51.0 Å². The molecule has 3 fully saturated rings. The van der Waals surface area contributed by atoms with Crippen molar-refractivity contribution in [3.05, 3.63) is 88.9 Å². The van der Waals surface area contributed by atoms with E-state index in [9.17, 15) is 44.6 Å². The molecule has 24 heteroatoms. The Bertz CT molecular complexity index is 2680. The standard InChI is InChI=1S/C53H72IN9O14/c1-30-24-52(6,73-9)47(75-49-45(68)40(23-31(2)74-49)59(8)22-18-37-26-62(58-57-37)41(28-64)44(67)35-14-16-38(17-15-35)63(71)72)33(4)43(66)34(5)48(69)76-50(54)53(7)46(32(3)42(30)65)61(51(70)77-53)21-11-10-20-60-27-39(56-29-60)36-13-12-19-55-25-36/h12-17,19,25-27,29-34,40-41,44-47,49-50,64,67-68H,10-11,18,20-24,28H2,1-9H3/t30-,31-,32+,33+,34-,40+,41-,44-,45-,46-,47-,49+,50+,52-,53+/m1/s1. The number of rotatable bonds is 18. The first-order chi connectivity index (χ1) is 36.5. The zero-order chi connectivity index (χ0) is 56.1. The number of non-ortho nitro benzene ring substituents is 1. The fourth-order valence-corrected chi connectivity index (χ4v) is 11.9. The van der Waals surface area contributed by atoms with Gasteiger partial charge in [-0.3, -0.25) is 29.5 Å². The number of aliphatic hydroxyl groups is 3. The van der Waals surface area contributed by atoms with Crippen LogP contribution in [0.1, 0.15) is 97.6 Å². The molecule has 3 saturated heterocycles. The summed E-state index contributed by atoms with van der Waals surface area (Å²) < 4.78 is 33.7. The maximum Gasteiger partial charge on any atom is 0.410 e. The lowest BCUT2D eigenvalue weighted by atomic mass is 9.74. The van der Waals surface area contributed by atoms with Crippen LogP contribution < -0.4 is 0 Å². The normalized spacial score (nSPS) is 31.4. The number of hydrogen-bond acceptors (Lipinski definition) is 19. The number of aromatic nitrogens is 6. The third-order valence-corrected chi connectivity index (χ3v) is 17.2. The minimum absolute atomic E-state index is 0.0378. The smallest absolute Gasteiger partial charge is 0.410 e. The number of carbonyl (C=O) groups excluding carboxylic acids is 4. The second-order valence-electron chi connectivity index (χ2n) is 21.2. The summed E-state index contributed by atoms with van der Waals surface area (Å²) in [5.41, 5.74) is -0.471. The van der Waals surface area contributed by atoms with E-state index in [1.54, 1.807) is 64.4 Å². The summed E-state index contributed by atoms with van der Waals surface area (Å²) in [6.45, 7) is 12.5. The fourth-order valence-electron chi connectivity index (χ4n) is 11.1. The number of nitro benzene ring substituents is 1. The molecule has 0 radical (unpaired) electrons. The van der Waals surface area contributed by atoms with Gasteiger partial charge in [0.25, 0.3) is 5.69 Å². The van der Waals surface area contributed by atoms with Crippen LogP contribution in [0.15, 0.2) is 67.5 Å². The first-order valence-electron chi connectivity index (χ1n) is 26.0. The fraction of sp³-hybridized carbons (Fsp3) is 0.623. The van der Waals surface area contributed by atoms with Crippen molar-refractivity contribution >= 4 is 51.9 Å². The van der Waals surface area contributed by atoms with Gasteiger partial charge in [0.2, 0.25) is 0 Å². The number of alkyl halides is 1. The molecule has 23 nitrogen and oxygen atoms in total. The number of methoxy groups -OCH3 is 1. The number of aliphatic hydroxyl groups excluding tert-OH is 3. The summed E-state index contributed by atoms with van der Waals surface area (Å²) in [5.74, 6) is -5.58. The van der Waals surface area contributed by atoms with E-state index >= 15 is 0 Å². The van der Waals surface area contributed by atoms with E-state index in [4.69, 9.17) is 23.7 Å². The number of hydrogen-bond donors (Lipinski definition) is 3. The Hall–Kier alpha value is -5.35. The highest BCUT2D eigenvalue weighted by molar-refractivity contribution is 14.1. The van der Waals surface area contributed by atoms with Gasteiger partial charge in [0.1, 0.15) is 30.0 Å². The van der Waals surface area contributed by atoms with Crippen LogP contribution in [-0.4, -0.2) is 169 Å². The number of ketones is 2. The van der Waals surface area contributed by atoms with Crippen molar-refractivity contribution in [3.8, 4) is 11.3 Å². The number of imidazole rings is 1. The summed E-state index contributed by atoms with van der Waals surface area (Å²) in [6.07, 6.45) is 4.62. The predicted molar refractivity (Wildman–Crippen MR) is 285 cm³/mol. The van der Waals surface area contributed by atoms with Gasteiger partial charge in [0.05, 0.1) is 53.1 Å². The minimum atomic E-state index is -1.49. The Kier molecular flexibility index (Phi) is 19.4. The Labute approximate surface area is 461 Å². The molecule has 0 unspecified atom stereocenters. The van der Waals surface area contributed by atoms with E-state index in [2.05, 4.69) is 20.3 Å². The second-order valence-corrected chi connectivity index (χ2v) is 22.4. The van der Waals surface area contributed by atoms with Gasteiger partial charge in [-0.2, -0.15) is 0 Å². The second kappa shape index (κ2) is 25.2. The van der Waals surface area contributed by atoms with Crippen LogP contribution >= 0.6 is 22.6 Å². The molecule has 7 rings (SSSR count). The van der Waals surface area contributed by atoms with Crippen molar-refractivity contribution in [2.24, 2.45) is 23.7 Å². The molecule has 3 N–H and O–H groups in total. The topological polar surface area (TPSA) is 286 Å². The molecule has 0 aliphatic carbocycles. The number of benzene rings is 1. The summed E-state index contributed by atoms with van der Waals surface area (Å²) >= 11 is 1.91.